The monoisotopic (exact) mass is 206 g/mol. The van der Waals surface area contributed by atoms with Gasteiger partial charge >= 0.3 is 0 Å². The third kappa shape index (κ3) is 3.49. The third-order valence-corrected chi connectivity index (χ3v) is 2.63. The number of hydrogen-bond donors (Lipinski definition) is 2. The molecule has 0 aromatic carbocycles. The average molecular weight is 206 g/mol. The summed E-state index contributed by atoms with van der Waals surface area (Å²) in [6.07, 6.45) is 3.65. The number of hydrogen-bond acceptors (Lipinski definition) is 4. The summed E-state index contributed by atoms with van der Waals surface area (Å²) in [5, 5.41) is 6.72. The Kier molecular flexibility index (Phi) is 3.93. The van der Waals surface area contributed by atoms with Gasteiger partial charge in [0.05, 0.1) is 5.69 Å². The molecule has 2 rings (SSSR count). The molecule has 2 heterocycles. The number of aromatic nitrogens is 1. The van der Waals surface area contributed by atoms with Crippen molar-refractivity contribution in [1.82, 2.24) is 15.2 Å². The minimum atomic E-state index is 0.992. The summed E-state index contributed by atoms with van der Waals surface area (Å²) in [7, 11) is 0. The molecule has 4 heteroatoms. The van der Waals surface area contributed by atoms with Crippen LogP contribution in [0.3, 0.4) is 0 Å². The average Bonchev–Trinajstić information content (AvgIpc) is 2.32. The van der Waals surface area contributed by atoms with Crippen LogP contribution in [0.1, 0.15) is 0 Å². The molecule has 4 nitrogen and oxygen atoms in total. The van der Waals surface area contributed by atoms with Crippen LogP contribution >= 0.6 is 0 Å². The molecule has 2 N–H and O–H groups in total. The normalized spacial score (nSPS) is 17.6. The van der Waals surface area contributed by atoms with Crippen LogP contribution < -0.4 is 10.6 Å². The smallest absolute Gasteiger partial charge is 0.0527 e. The van der Waals surface area contributed by atoms with Crippen molar-refractivity contribution in [2.75, 3.05) is 44.6 Å². The van der Waals surface area contributed by atoms with Crippen LogP contribution in [0, 0.1) is 0 Å². The van der Waals surface area contributed by atoms with E-state index in [0.29, 0.717) is 0 Å². The van der Waals surface area contributed by atoms with Gasteiger partial charge in [0.15, 0.2) is 0 Å². The van der Waals surface area contributed by atoms with Gasteiger partial charge in [0, 0.05) is 51.7 Å². The SMILES string of the molecule is c1cncc(NCCN2CCNCC2)c1. The minimum Gasteiger partial charge on any atom is -0.383 e. The van der Waals surface area contributed by atoms with Gasteiger partial charge in [0.1, 0.15) is 0 Å². The van der Waals surface area contributed by atoms with E-state index in [9.17, 15) is 0 Å². The molecule has 15 heavy (non-hydrogen) atoms. The number of pyridine rings is 1. The van der Waals surface area contributed by atoms with Crippen molar-refractivity contribution < 1.29 is 0 Å². The number of nitrogens with one attached hydrogen (secondary N) is 2. The largest absolute Gasteiger partial charge is 0.383 e. The van der Waals surface area contributed by atoms with E-state index in [2.05, 4.69) is 20.5 Å². The van der Waals surface area contributed by atoms with E-state index in [1.807, 2.05) is 18.3 Å². The Hall–Kier alpha value is -1.13. The van der Waals surface area contributed by atoms with Gasteiger partial charge in [-0.15, -0.1) is 0 Å². The number of piperazine rings is 1. The fraction of sp³-hybridized carbons (Fsp3) is 0.545. The molecule has 0 spiro atoms. The van der Waals surface area contributed by atoms with Crippen LogP contribution in [0.2, 0.25) is 0 Å². The third-order valence-electron chi connectivity index (χ3n) is 2.63. The van der Waals surface area contributed by atoms with Crippen molar-refractivity contribution in [1.29, 1.82) is 0 Å². The zero-order chi connectivity index (χ0) is 10.3. The minimum absolute atomic E-state index is 0.992. The first-order chi connectivity index (χ1) is 7.45. The molecular formula is C11H18N4. The van der Waals surface area contributed by atoms with Crippen LogP contribution in [0.5, 0.6) is 0 Å². The Morgan fingerprint density at radius 1 is 1.40 bits per heavy atom. The molecule has 1 aliphatic rings. The van der Waals surface area contributed by atoms with E-state index in [-0.39, 0.29) is 0 Å². The van der Waals surface area contributed by atoms with Crippen LogP contribution in [-0.2, 0) is 0 Å². The topological polar surface area (TPSA) is 40.2 Å². The summed E-state index contributed by atoms with van der Waals surface area (Å²) in [6.45, 7) is 6.66. The lowest BCUT2D eigenvalue weighted by Gasteiger charge is -2.27. The molecular weight excluding hydrogens is 188 g/mol. The second kappa shape index (κ2) is 5.68. The highest BCUT2D eigenvalue weighted by atomic mass is 15.2. The standard InChI is InChI=1S/C11H18N4/c1-2-11(10-13-3-1)14-6-9-15-7-4-12-5-8-15/h1-3,10,12,14H,4-9H2. The first-order valence-electron chi connectivity index (χ1n) is 5.52. The van der Waals surface area contributed by atoms with Crippen LogP contribution in [0.4, 0.5) is 5.69 Å². The zero-order valence-corrected chi connectivity index (χ0v) is 8.95. The molecule has 1 aliphatic heterocycles. The van der Waals surface area contributed by atoms with Crippen molar-refractivity contribution in [3.63, 3.8) is 0 Å². The number of anilines is 1. The van der Waals surface area contributed by atoms with Gasteiger partial charge in [0.2, 0.25) is 0 Å². The lowest BCUT2D eigenvalue weighted by molar-refractivity contribution is 0.249. The molecule has 0 unspecified atom stereocenters. The summed E-state index contributed by atoms with van der Waals surface area (Å²) in [4.78, 5) is 6.54. The summed E-state index contributed by atoms with van der Waals surface area (Å²) < 4.78 is 0. The van der Waals surface area contributed by atoms with E-state index >= 15 is 0 Å². The molecule has 0 bridgehead atoms. The second-order valence-corrected chi connectivity index (χ2v) is 3.76. The highest BCUT2D eigenvalue weighted by molar-refractivity contribution is 5.39. The highest BCUT2D eigenvalue weighted by Gasteiger charge is 2.07. The zero-order valence-electron chi connectivity index (χ0n) is 8.95. The van der Waals surface area contributed by atoms with Crippen molar-refractivity contribution in [2.45, 2.75) is 0 Å². The van der Waals surface area contributed by atoms with E-state index in [0.717, 1.165) is 45.0 Å². The molecule has 0 aliphatic carbocycles. The first kappa shape index (κ1) is 10.4. The van der Waals surface area contributed by atoms with Gasteiger partial charge in [-0.25, -0.2) is 0 Å². The first-order valence-corrected chi connectivity index (χ1v) is 5.52. The summed E-state index contributed by atoms with van der Waals surface area (Å²) >= 11 is 0. The van der Waals surface area contributed by atoms with E-state index in [1.54, 1.807) is 6.20 Å². The Bertz CT molecular complexity index is 269. The maximum Gasteiger partial charge on any atom is 0.0527 e. The molecule has 0 radical (unpaired) electrons. The lowest BCUT2D eigenvalue weighted by Crippen LogP contribution is -2.45. The van der Waals surface area contributed by atoms with Crippen LogP contribution in [0.15, 0.2) is 24.5 Å². The number of nitrogens with zero attached hydrogens (tertiary/aromatic N) is 2. The van der Waals surface area contributed by atoms with E-state index in [4.69, 9.17) is 0 Å². The quantitative estimate of drug-likeness (QED) is 0.748. The summed E-state index contributed by atoms with van der Waals surface area (Å²) in [6, 6.07) is 4.00. The summed E-state index contributed by atoms with van der Waals surface area (Å²) in [5.74, 6) is 0. The summed E-state index contributed by atoms with van der Waals surface area (Å²) in [5.41, 5.74) is 1.10. The number of rotatable bonds is 4. The van der Waals surface area contributed by atoms with Crippen molar-refractivity contribution in [2.24, 2.45) is 0 Å². The van der Waals surface area contributed by atoms with Crippen LogP contribution in [0.25, 0.3) is 0 Å². The Morgan fingerprint density at radius 3 is 3.00 bits per heavy atom. The maximum absolute atomic E-state index is 4.06. The van der Waals surface area contributed by atoms with Gasteiger partial charge in [-0.3, -0.25) is 9.88 Å². The van der Waals surface area contributed by atoms with Gasteiger partial charge in [-0.2, -0.15) is 0 Å². The Balaban J connectivity index is 1.66. The molecule has 1 fully saturated rings. The van der Waals surface area contributed by atoms with Crippen molar-refractivity contribution in [3.8, 4) is 0 Å². The van der Waals surface area contributed by atoms with Crippen molar-refractivity contribution in [3.05, 3.63) is 24.5 Å². The van der Waals surface area contributed by atoms with E-state index < -0.39 is 0 Å². The molecule has 0 saturated carbocycles. The molecule has 82 valence electrons. The molecule has 0 atom stereocenters. The maximum atomic E-state index is 4.06. The molecule has 0 amide bonds. The lowest BCUT2D eigenvalue weighted by atomic mass is 10.3. The Labute approximate surface area is 90.7 Å². The van der Waals surface area contributed by atoms with Crippen LogP contribution in [-0.4, -0.2) is 49.2 Å². The second-order valence-electron chi connectivity index (χ2n) is 3.76. The van der Waals surface area contributed by atoms with Gasteiger partial charge in [0.25, 0.3) is 0 Å². The predicted molar refractivity (Wildman–Crippen MR) is 62.0 cm³/mol. The van der Waals surface area contributed by atoms with Gasteiger partial charge in [-0.05, 0) is 12.1 Å². The van der Waals surface area contributed by atoms with E-state index in [1.165, 1.54) is 0 Å². The molecule has 1 aromatic heterocycles. The highest BCUT2D eigenvalue weighted by Crippen LogP contribution is 2.01. The molecule has 1 aromatic rings. The Morgan fingerprint density at radius 2 is 2.27 bits per heavy atom. The van der Waals surface area contributed by atoms with Gasteiger partial charge in [-0.1, -0.05) is 0 Å². The van der Waals surface area contributed by atoms with Gasteiger partial charge < -0.3 is 10.6 Å². The predicted octanol–water partition coefficient (Wildman–Crippen LogP) is 0.399. The molecule has 1 saturated heterocycles. The fourth-order valence-electron chi connectivity index (χ4n) is 1.76. The van der Waals surface area contributed by atoms with Crippen molar-refractivity contribution >= 4 is 5.69 Å². The fourth-order valence-corrected chi connectivity index (χ4v) is 1.76.